The fourth-order valence-electron chi connectivity index (χ4n) is 7.92. The molecule has 3 aromatic rings. The number of likely N-dealkylation sites (N-methyl/N-ethyl adjacent to an activating group) is 1. The first kappa shape index (κ1) is 31.0. The Balaban J connectivity index is 1.45. The number of hydrogen-bond donors (Lipinski definition) is 2. The second-order valence-electron chi connectivity index (χ2n) is 12.9. The SMILES string of the molecule is Cc1c(F)c(N)cc(-c2nc3c4c(nc(OC[C@@]5(CCF)CCCN5C)nc4c2F)N2C[C@H]4CC[C@H](N4)[C@H]2[C@H](C)O3)c1C(F)(F)F. The van der Waals surface area contributed by atoms with E-state index in [0.717, 1.165) is 38.8 Å². The molecule has 5 atom stereocenters. The summed E-state index contributed by atoms with van der Waals surface area (Å²) in [5.74, 6) is -2.29. The molecule has 15 heteroatoms. The normalized spacial score (nSPS) is 27.5. The van der Waals surface area contributed by atoms with E-state index in [4.69, 9.17) is 20.2 Å². The summed E-state index contributed by atoms with van der Waals surface area (Å²) in [5.41, 5.74) is 0.531. The molecule has 6 heterocycles. The third-order valence-corrected chi connectivity index (χ3v) is 10.3. The zero-order valence-corrected chi connectivity index (χ0v) is 25.6. The Bertz CT molecular complexity index is 1710. The van der Waals surface area contributed by atoms with Crippen LogP contribution in [0.5, 0.6) is 11.9 Å². The van der Waals surface area contributed by atoms with Gasteiger partial charge in [-0.05, 0) is 71.2 Å². The first-order valence-corrected chi connectivity index (χ1v) is 15.5. The summed E-state index contributed by atoms with van der Waals surface area (Å²) in [5, 5.41) is 3.69. The molecule has 7 rings (SSSR count). The highest BCUT2D eigenvalue weighted by Crippen LogP contribution is 2.47. The van der Waals surface area contributed by atoms with Crippen molar-refractivity contribution in [1.82, 2.24) is 25.2 Å². The molecule has 0 radical (unpaired) electrons. The van der Waals surface area contributed by atoms with Gasteiger partial charge >= 0.3 is 12.2 Å². The Hall–Kier alpha value is -3.59. The highest BCUT2D eigenvalue weighted by molar-refractivity contribution is 5.97. The molecule has 2 bridgehead atoms. The van der Waals surface area contributed by atoms with Crippen molar-refractivity contribution in [1.29, 1.82) is 0 Å². The molecular formula is C31H35F6N7O2. The summed E-state index contributed by atoms with van der Waals surface area (Å²) < 4.78 is 101. The number of rotatable bonds is 6. The Kier molecular flexibility index (Phi) is 7.42. The molecule has 46 heavy (non-hydrogen) atoms. The molecule has 1 aromatic carbocycles. The van der Waals surface area contributed by atoms with Crippen LogP contribution in [-0.2, 0) is 6.18 Å². The molecule has 3 saturated heterocycles. The van der Waals surface area contributed by atoms with Crippen LogP contribution < -0.4 is 25.4 Å². The Morgan fingerprint density at radius 1 is 1.17 bits per heavy atom. The molecule has 3 N–H and O–H groups in total. The van der Waals surface area contributed by atoms with Gasteiger partial charge in [-0.3, -0.25) is 9.29 Å². The predicted octanol–water partition coefficient (Wildman–Crippen LogP) is 5.17. The van der Waals surface area contributed by atoms with Crippen LogP contribution in [-0.4, -0.2) is 83.0 Å². The van der Waals surface area contributed by atoms with Crippen molar-refractivity contribution in [3.8, 4) is 23.1 Å². The molecule has 9 nitrogen and oxygen atoms in total. The highest BCUT2D eigenvalue weighted by atomic mass is 19.4. The number of ether oxygens (including phenoxy) is 2. The summed E-state index contributed by atoms with van der Waals surface area (Å²) in [7, 11) is 1.89. The van der Waals surface area contributed by atoms with Gasteiger partial charge < -0.3 is 25.4 Å². The third-order valence-electron chi connectivity index (χ3n) is 10.3. The monoisotopic (exact) mass is 651 g/mol. The highest BCUT2D eigenvalue weighted by Gasteiger charge is 2.48. The van der Waals surface area contributed by atoms with Crippen molar-refractivity contribution in [2.24, 2.45) is 0 Å². The number of fused-ring (bicyclic) bond motifs is 5. The van der Waals surface area contributed by atoms with E-state index in [0.29, 0.717) is 18.8 Å². The Morgan fingerprint density at radius 3 is 2.65 bits per heavy atom. The number of nitrogen functional groups attached to an aromatic ring is 1. The van der Waals surface area contributed by atoms with E-state index in [9.17, 15) is 22.0 Å². The van der Waals surface area contributed by atoms with E-state index in [1.165, 1.54) is 0 Å². The summed E-state index contributed by atoms with van der Waals surface area (Å²) in [4.78, 5) is 17.5. The largest absolute Gasteiger partial charge is 0.472 e. The number of nitrogens with zero attached hydrogens (tertiary/aromatic N) is 5. The van der Waals surface area contributed by atoms with Crippen LogP contribution >= 0.6 is 0 Å². The average Bonchev–Trinajstić information content (AvgIpc) is 3.52. The number of aromatic nitrogens is 3. The van der Waals surface area contributed by atoms with Gasteiger partial charge in [-0.25, -0.2) is 13.8 Å². The molecule has 0 saturated carbocycles. The van der Waals surface area contributed by atoms with E-state index in [1.807, 2.05) is 23.8 Å². The smallest absolute Gasteiger partial charge is 0.417 e. The van der Waals surface area contributed by atoms with Crippen LogP contribution in [0, 0.1) is 18.6 Å². The van der Waals surface area contributed by atoms with Crippen molar-refractivity contribution in [3.63, 3.8) is 0 Å². The van der Waals surface area contributed by atoms with Gasteiger partial charge in [0.1, 0.15) is 40.9 Å². The summed E-state index contributed by atoms with van der Waals surface area (Å²) in [6.07, 6.45) is -2.07. The summed E-state index contributed by atoms with van der Waals surface area (Å²) in [6.45, 7) is 3.49. The first-order valence-electron chi connectivity index (χ1n) is 15.5. The molecule has 0 aliphatic carbocycles. The molecule has 0 amide bonds. The third kappa shape index (κ3) is 4.79. The molecule has 4 aliphatic heterocycles. The Labute approximate surface area is 261 Å². The van der Waals surface area contributed by atoms with Gasteiger partial charge in [0.2, 0.25) is 5.88 Å². The standard InChI is InChI=1S/C31H35F6N7O2/c1-14-21(31(35,36)37)17(11-18(38)22(14)33)24-23(34)25-20-27(42-29(41-25)45-13-30(8-9-32)7-4-10-43(30)3)44-12-16-5-6-19(39-16)26(44)15(2)46-28(20)40-24/h11,15-16,19,26,39H,4-10,12-13,38H2,1-3H3/t15-,16+,19-,26+,30-/m0/s1. The number of nitrogens with one attached hydrogen (secondary N) is 1. The fraction of sp³-hybridized carbons (Fsp3) is 0.581. The van der Waals surface area contributed by atoms with Crippen molar-refractivity contribution in [2.75, 3.05) is 44.1 Å². The van der Waals surface area contributed by atoms with Crippen LogP contribution in [0.25, 0.3) is 22.2 Å². The van der Waals surface area contributed by atoms with Crippen LogP contribution in [0.2, 0.25) is 0 Å². The van der Waals surface area contributed by atoms with Crippen LogP contribution in [0.3, 0.4) is 0 Å². The van der Waals surface area contributed by atoms with Crippen LogP contribution in [0.4, 0.5) is 37.8 Å². The van der Waals surface area contributed by atoms with Crippen molar-refractivity contribution < 1.29 is 35.8 Å². The minimum atomic E-state index is -5.06. The summed E-state index contributed by atoms with van der Waals surface area (Å²) >= 11 is 0. The Morgan fingerprint density at radius 2 is 1.96 bits per heavy atom. The van der Waals surface area contributed by atoms with E-state index in [-0.39, 0.29) is 53.9 Å². The van der Waals surface area contributed by atoms with Crippen molar-refractivity contribution >= 4 is 22.4 Å². The number of anilines is 2. The van der Waals surface area contributed by atoms with Crippen molar-refractivity contribution in [2.45, 2.75) is 81.9 Å². The maximum Gasteiger partial charge on any atom is 0.417 e. The van der Waals surface area contributed by atoms with Crippen molar-refractivity contribution in [3.05, 3.63) is 28.8 Å². The van der Waals surface area contributed by atoms with Gasteiger partial charge in [0.15, 0.2) is 5.82 Å². The van der Waals surface area contributed by atoms with Gasteiger partial charge in [0, 0.05) is 24.2 Å². The lowest BCUT2D eigenvalue weighted by Gasteiger charge is -2.42. The first-order chi connectivity index (χ1) is 21.8. The number of hydrogen-bond acceptors (Lipinski definition) is 9. The van der Waals surface area contributed by atoms with E-state index in [1.54, 1.807) is 0 Å². The number of piperazine rings is 1. The van der Waals surface area contributed by atoms with Crippen LogP contribution in [0.1, 0.15) is 50.2 Å². The van der Waals surface area contributed by atoms with E-state index < -0.39 is 64.2 Å². The number of benzene rings is 1. The lowest BCUT2D eigenvalue weighted by Crippen LogP contribution is -2.62. The zero-order valence-electron chi connectivity index (χ0n) is 25.6. The zero-order chi connectivity index (χ0) is 32.7. The lowest BCUT2D eigenvalue weighted by molar-refractivity contribution is -0.137. The molecule has 4 aliphatic rings. The van der Waals surface area contributed by atoms with Gasteiger partial charge in [-0.15, -0.1) is 0 Å². The van der Waals surface area contributed by atoms with E-state index >= 15 is 4.39 Å². The number of halogens is 6. The second kappa shape index (κ2) is 11.0. The maximum absolute atomic E-state index is 16.8. The van der Waals surface area contributed by atoms with Gasteiger partial charge in [0.25, 0.3) is 0 Å². The number of alkyl halides is 4. The molecule has 248 valence electrons. The quantitative estimate of drug-likeness (QED) is 0.276. The van der Waals surface area contributed by atoms with Gasteiger partial charge in [0.05, 0.1) is 29.5 Å². The fourth-order valence-corrected chi connectivity index (χ4v) is 7.92. The molecule has 3 fully saturated rings. The average molecular weight is 652 g/mol. The molecule has 0 unspecified atom stereocenters. The van der Waals surface area contributed by atoms with Crippen LogP contribution in [0.15, 0.2) is 6.07 Å². The second-order valence-corrected chi connectivity index (χ2v) is 12.9. The minimum absolute atomic E-state index is 0.0121. The number of nitrogens with two attached hydrogens (primary N) is 1. The van der Waals surface area contributed by atoms with E-state index in [2.05, 4.69) is 15.3 Å². The molecule has 0 spiro atoms. The predicted molar refractivity (Wildman–Crippen MR) is 159 cm³/mol. The minimum Gasteiger partial charge on any atom is -0.472 e. The summed E-state index contributed by atoms with van der Waals surface area (Å²) in [6, 6.07) is 0.420. The molecule has 2 aromatic heterocycles. The lowest BCUT2D eigenvalue weighted by atomic mass is 9.94. The number of pyridine rings is 1. The topological polar surface area (TPSA) is 102 Å². The maximum atomic E-state index is 16.8. The molecular weight excluding hydrogens is 616 g/mol. The van der Waals surface area contributed by atoms with Gasteiger partial charge in [-0.1, -0.05) is 0 Å². The number of likely N-dealkylation sites (tertiary alicyclic amines) is 1. The van der Waals surface area contributed by atoms with Gasteiger partial charge in [-0.2, -0.15) is 23.1 Å².